The standard InChI is InChI=1S/C14H16N2O6/c1-22-11-6-8(2-4-10(11)17)3-5-13(19)16-9(14(20)21)7-12(15)18/h2-6,9,17H,7H2,1H3,(H2,15,18)(H,16,19)(H,20,21)/t9-/m0/s1. The van der Waals surface area contributed by atoms with E-state index in [2.05, 4.69) is 5.32 Å². The Bertz CT molecular complexity index is 611. The second-order valence-corrected chi connectivity index (χ2v) is 4.33. The first-order valence-electron chi connectivity index (χ1n) is 6.20. The molecule has 0 heterocycles. The SMILES string of the molecule is COc1cc(C=CC(=O)N[C@@H](CC(N)=O)C(=O)O)ccc1O. The Morgan fingerprint density at radius 1 is 1.41 bits per heavy atom. The predicted molar refractivity (Wildman–Crippen MR) is 77.1 cm³/mol. The van der Waals surface area contributed by atoms with Crippen LogP contribution in [0.1, 0.15) is 12.0 Å². The Hall–Kier alpha value is -3.03. The summed E-state index contributed by atoms with van der Waals surface area (Å²) in [6.45, 7) is 0. The van der Waals surface area contributed by atoms with Gasteiger partial charge in [-0.05, 0) is 23.8 Å². The summed E-state index contributed by atoms with van der Waals surface area (Å²) < 4.78 is 4.92. The van der Waals surface area contributed by atoms with E-state index in [9.17, 15) is 19.5 Å². The minimum Gasteiger partial charge on any atom is -0.504 e. The first-order chi connectivity index (χ1) is 10.3. The fourth-order valence-corrected chi connectivity index (χ4v) is 1.59. The highest BCUT2D eigenvalue weighted by Gasteiger charge is 2.20. The quantitative estimate of drug-likeness (QED) is 0.517. The van der Waals surface area contributed by atoms with Gasteiger partial charge in [0.15, 0.2) is 11.5 Å². The van der Waals surface area contributed by atoms with E-state index in [1.165, 1.54) is 25.3 Å². The number of carbonyl (C=O) groups excluding carboxylic acids is 2. The number of carboxylic acids is 1. The minimum atomic E-state index is -1.39. The van der Waals surface area contributed by atoms with Gasteiger partial charge in [-0.3, -0.25) is 9.59 Å². The van der Waals surface area contributed by atoms with Crippen molar-refractivity contribution in [2.75, 3.05) is 7.11 Å². The Morgan fingerprint density at radius 2 is 2.09 bits per heavy atom. The number of amides is 2. The average molecular weight is 308 g/mol. The van der Waals surface area contributed by atoms with Gasteiger partial charge >= 0.3 is 5.97 Å². The lowest BCUT2D eigenvalue weighted by Crippen LogP contribution is -2.42. The zero-order valence-electron chi connectivity index (χ0n) is 11.8. The molecule has 8 heteroatoms. The van der Waals surface area contributed by atoms with Gasteiger partial charge < -0.3 is 26.0 Å². The summed E-state index contributed by atoms with van der Waals surface area (Å²) >= 11 is 0. The van der Waals surface area contributed by atoms with Crippen LogP contribution in [0, 0.1) is 0 Å². The number of primary amides is 1. The van der Waals surface area contributed by atoms with E-state index in [1.54, 1.807) is 6.07 Å². The van der Waals surface area contributed by atoms with Crippen LogP contribution >= 0.6 is 0 Å². The predicted octanol–water partition coefficient (Wildman–Crippen LogP) is -0.141. The molecule has 0 spiro atoms. The number of benzene rings is 1. The van der Waals surface area contributed by atoms with E-state index in [1.807, 2.05) is 0 Å². The number of phenols is 1. The third-order valence-corrected chi connectivity index (χ3v) is 2.65. The largest absolute Gasteiger partial charge is 0.504 e. The molecule has 0 unspecified atom stereocenters. The molecule has 8 nitrogen and oxygen atoms in total. The lowest BCUT2D eigenvalue weighted by molar-refractivity contribution is -0.142. The van der Waals surface area contributed by atoms with Crippen molar-refractivity contribution in [2.45, 2.75) is 12.5 Å². The number of rotatable bonds is 7. The molecule has 1 aromatic rings. The molecule has 1 rings (SSSR count). The fraction of sp³-hybridized carbons (Fsp3) is 0.214. The molecular weight excluding hydrogens is 292 g/mol. The maximum atomic E-state index is 11.6. The molecule has 0 aromatic heterocycles. The van der Waals surface area contributed by atoms with Crippen LogP contribution in [0.25, 0.3) is 6.08 Å². The van der Waals surface area contributed by atoms with E-state index in [0.717, 1.165) is 6.08 Å². The fourth-order valence-electron chi connectivity index (χ4n) is 1.59. The first kappa shape index (κ1) is 17.0. The summed E-state index contributed by atoms with van der Waals surface area (Å²) in [4.78, 5) is 33.2. The zero-order chi connectivity index (χ0) is 16.7. The van der Waals surface area contributed by atoms with E-state index >= 15 is 0 Å². The molecule has 0 bridgehead atoms. The van der Waals surface area contributed by atoms with Crippen LogP contribution in [0.2, 0.25) is 0 Å². The van der Waals surface area contributed by atoms with Gasteiger partial charge in [-0.1, -0.05) is 6.07 Å². The molecular formula is C14H16N2O6. The van der Waals surface area contributed by atoms with Gasteiger partial charge in [0.2, 0.25) is 11.8 Å². The Balaban J connectivity index is 2.74. The molecule has 118 valence electrons. The van der Waals surface area contributed by atoms with E-state index in [-0.39, 0.29) is 11.5 Å². The molecule has 0 saturated heterocycles. The molecule has 1 atom stereocenters. The first-order valence-corrected chi connectivity index (χ1v) is 6.20. The lowest BCUT2D eigenvalue weighted by Gasteiger charge is -2.10. The number of aromatic hydroxyl groups is 1. The van der Waals surface area contributed by atoms with Crippen LogP contribution in [0.15, 0.2) is 24.3 Å². The summed E-state index contributed by atoms with van der Waals surface area (Å²) in [5.41, 5.74) is 5.47. The third kappa shape index (κ3) is 5.16. The maximum absolute atomic E-state index is 11.6. The molecule has 1 aromatic carbocycles. The van der Waals surface area contributed by atoms with Gasteiger partial charge in [0.25, 0.3) is 0 Å². The smallest absolute Gasteiger partial charge is 0.326 e. The highest BCUT2D eigenvalue weighted by atomic mass is 16.5. The van der Waals surface area contributed by atoms with Crippen molar-refractivity contribution in [1.29, 1.82) is 0 Å². The molecule has 5 N–H and O–H groups in total. The molecule has 0 saturated carbocycles. The number of ether oxygens (including phenoxy) is 1. The molecule has 2 amide bonds. The number of hydrogen-bond acceptors (Lipinski definition) is 5. The van der Waals surface area contributed by atoms with E-state index in [4.69, 9.17) is 15.6 Å². The Kier molecular flexibility index (Phi) is 5.94. The van der Waals surface area contributed by atoms with Crippen LogP contribution in [0.3, 0.4) is 0 Å². The maximum Gasteiger partial charge on any atom is 0.326 e. The molecule has 0 aliphatic rings. The lowest BCUT2D eigenvalue weighted by atomic mass is 10.1. The Labute approximate surface area is 126 Å². The highest BCUT2D eigenvalue weighted by Crippen LogP contribution is 2.26. The van der Waals surface area contributed by atoms with Gasteiger partial charge in [0.05, 0.1) is 13.5 Å². The van der Waals surface area contributed by atoms with Crippen molar-refractivity contribution >= 4 is 23.9 Å². The third-order valence-electron chi connectivity index (χ3n) is 2.65. The second-order valence-electron chi connectivity index (χ2n) is 4.33. The summed E-state index contributed by atoms with van der Waals surface area (Å²) in [5, 5.41) is 20.5. The molecule has 0 radical (unpaired) electrons. The summed E-state index contributed by atoms with van der Waals surface area (Å²) in [7, 11) is 1.39. The van der Waals surface area contributed by atoms with Crippen molar-refractivity contribution in [3.63, 3.8) is 0 Å². The van der Waals surface area contributed by atoms with Gasteiger partial charge in [-0.2, -0.15) is 0 Å². The van der Waals surface area contributed by atoms with Crippen molar-refractivity contribution in [2.24, 2.45) is 5.73 Å². The molecule has 0 fully saturated rings. The monoisotopic (exact) mass is 308 g/mol. The summed E-state index contributed by atoms with van der Waals surface area (Å²) in [6, 6.07) is 3.05. The van der Waals surface area contributed by atoms with Crippen molar-refractivity contribution in [1.82, 2.24) is 5.32 Å². The van der Waals surface area contributed by atoms with Crippen molar-refractivity contribution < 1.29 is 29.3 Å². The number of nitrogens with one attached hydrogen (secondary N) is 1. The average Bonchev–Trinajstić information content (AvgIpc) is 2.45. The number of phenolic OH excluding ortho intramolecular Hbond substituents is 1. The summed E-state index contributed by atoms with van der Waals surface area (Å²) in [6.07, 6.45) is 2.01. The molecule has 22 heavy (non-hydrogen) atoms. The van der Waals surface area contributed by atoms with Gasteiger partial charge in [0.1, 0.15) is 6.04 Å². The normalized spacial score (nSPS) is 11.9. The van der Waals surface area contributed by atoms with Gasteiger partial charge in [0, 0.05) is 6.08 Å². The highest BCUT2D eigenvalue weighted by molar-refractivity contribution is 5.95. The molecule has 0 aliphatic carbocycles. The van der Waals surface area contributed by atoms with Crippen molar-refractivity contribution in [3.05, 3.63) is 29.8 Å². The van der Waals surface area contributed by atoms with Gasteiger partial charge in [-0.25, -0.2) is 4.79 Å². The number of carbonyl (C=O) groups is 3. The number of hydrogen-bond donors (Lipinski definition) is 4. The number of methoxy groups -OCH3 is 1. The zero-order valence-corrected chi connectivity index (χ0v) is 11.8. The summed E-state index contributed by atoms with van der Waals surface area (Å²) in [5.74, 6) is -2.69. The number of nitrogens with two attached hydrogens (primary N) is 1. The van der Waals surface area contributed by atoms with Crippen LogP contribution < -0.4 is 15.8 Å². The second kappa shape index (κ2) is 7.67. The van der Waals surface area contributed by atoms with Crippen LogP contribution in [0.5, 0.6) is 11.5 Å². The number of carboxylic acid groups (broad SMARTS) is 1. The van der Waals surface area contributed by atoms with E-state index < -0.39 is 30.2 Å². The van der Waals surface area contributed by atoms with Crippen LogP contribution in [0.4, 0.5) is 0 Å². The minimum absolute atomic E-state index is 0.0449. The van der Waals surface area contributed by atoms with E-state index in [0.29, 0.717) is 5.56 Å². The van der Waals surface area contributed by atoms with Crippen LogP contribution in [-0.4, -0.2) is 41.1 Å². The number of aliphatic carboxylic acids is 1. The topological polar surface area (TPSA) is 139 Å². The van der Waals surface area contributed by atoms with Crippen molar-refractivity contribution in [3.8, 4) is 11.5 Å². The Morgan fingerprint density at radius 3 is 2.64 bits per heavy atom. The van der Waals surface area contributed by atoms with Crippen LogP contribution in [-0.2, 0) is 14.4 Å². The molecule has 0 aliphatic heterocycles. The van der Waals surface area contributed by atoms with Gasteiger partial charge in [-0.15, -0.1) is 0 Å².